The highest BCUT2D eigenvalue weighted by atomic mass is 79.9. The van der Waals surface area contributed by atoms with Crippen molar-refractivity contribution in [2.75, 3.05) is 40.4 Å². The molecule has 2 spiro atoms. The van der Waals surface area contributed by atoms with Crippen molar-refractivity contribution >= 4 is 248 Å². The predicted molar refractivity (Wildman–Crippen MR) is 516 cm³/mol. The zero-order chi connectivity index (χ0) is 89.7. The number of halogens is 2. The van der Waals surface area contributed by atoms with Crippen LogP contribution in [0.3, 0.4) is 0 Å². The van der Waals surface area contributed by atoms with Crippen LogP contribution in [0, 0.1) is 11.8 Å². The number of hydrogen-bond acceptors (Lipinski definition) is 29. The maximum Gasteiger partial charge on any atom is 0.316 e. The fourth-order valence-electron chi connectivity index (χ4n) is 19.3. The molecule has 670 valence electrons. The van der Waals surface area contributed by atoms with Gasteiger partial charge >= 0.3 is 29.8 Å². The second-order valence-corrected chi connectivity index (χ2v) is 54.3. The Balaban J connectivity index is 0.000000143. The van der Waals surface area contributed by atoms with Crippen LogP contribution in [0.15, 0.2) is 116 Å². The van der Waals surface area contributed by atoms with Gasteiger partial charge in [0.2, 0.25) is 0 Å². The Morgan fingerprint density at radius 1 is 0.504 bits per heavy atom. The van der Waals surface area contributed by atoms with Gasteiger partial charge in [-0.2, -0.15) is 0 Å². The van der Waals surface area contributed by atoms with Crippen molar-refractivity contribution in [2.24, 2.45) is 11.8 Å². The Kier molecular flexibility index (Phi) is 26.5. The van der Waals surface area contributed by atoms with Crippen LogP contribution in [-0.4, -0.2) is 162 Å². The number of Topliss-reactive ketones (excluding diaryl/α,β-unsaturated/α-hetero) is 3. The first kappa shape index (κ1) is 91.9. The van der Waals surface area contributed by atoms with Crippen LogP contribution in [0.1, 0.15) is 143 Å². The first-order chi connectivity index (χ1) is 60.5. The van der Waals surface area contributed by atoms with E-state index in [1.54, 1.807) is 94.2 Å². The number of carboxylic acids is 2. The molecule has 10 aromatic heterocycles. The van der Waals surface area contributed by atoms with Crippen LogP contribution in [0.25, 0.3) is 47.0 Å². The van der Waals surface area contributed by atoms with Crippen molar-refractivity contribution in [1.82, 2.24) is 9.80 Å². The second-order valence-electron chi connectivity index (χ2n) is 35.8. The number of ketones is 3. The molecule has 0 radical (unpaired) electrons. The summed E-state index contributed by atoms with van der Waals surface area (Å²) in [6, 6.07) is 27.7. The summed E-state index contributed by atoms with van der Waals surface area (Å²) in [7, 11) is 1.26. The highest BCUT2D eigenvalue weighted by Crippen LogP contribution is 2.67. The number of thiophene rings is 10. The van der Waals surface area contributed by atoms with Gasteiger partial charge in [0.15, 0.2) is 46.8 Å². The lowest BCUT2D eigenvalue weighted by atomic mass is 9.49. The molecule has 6 aliphatic carbocycles. The van der Waals surface area contributed by atoms with Crippen molar-refractivity contribution in [1.29, 1.82) is 0 Å². The number of esters is 3. The van der Waals surface area contributed by atoms with Crippen molar-refractivity contribution in [2.45, 2.75) is 208 Å². The number of carboxylic acid groups (broad SMARTS) is 2. The highest BCUT2D eigenvalue weighted by Gasteiger charge is 2.75. The predicted octanol–water partition coefficient (Wildman–Crippen LogP) is 21.1. The van der Waals surface area contributed by atoms with Crippen molar-refractivity contribution < 1.29 is 91.6 Å². The van der Waals surface area contributed by atoms with E-state index in [-0.39, 0.29) is 79.0 Å². The van der Waals surface area contributed by atoms with Crippen LogP contribution in [0.5, 0.6) is 23.0 Å². The first-order valence-electron chi connectivity index (χ1n) is 42.3. The van der Waals surface area contributed by atoms with Crippen LogP contribution in [0.4, 0.5) is 0 Å². The molecule has 2 aromatic carbocycles. The van der Waals surface area contributed by atoms with Gasteiger partial charge in [-0.05, 0) is 247 Å². The van der Waals surface area contributed by atoms with Crippen LogP contribution in [0.2, 0.25) is 18.1 Å². The zero-order valence-electron chi connectivity index (χ0n) is 71.1. The summed E-state index contributed by atoms with van der Waals surface area (Å²) < 4.78 is 54.4. The largest absolute Gasteiger partial charge is 0.519 e. The molecule has 10 aliphatic rings. The number of aliphatic carboxylic acids is 2. The number of likely N-dealkylation sites (tertiary alicyclic amines) is 2. The van der Waals surface area contributed by atoms with E-state index in [0.717, 1.165) is 106 Å². The Bertz CT molecular complexity index is 5880. The van der Waals surface area contributed by atoms with Gasteiger partial charge in [-0.25, -0.2) is 0 Å². The number of rotatable bonds is 21. The summed E-state index contributed by atoms with van der Waals surface area (Å²) in [6.07, 6.45) is 8.31. The van der Waals surface area contributed by atoms with Gasteiger partial charge in [-0.15, -0.1) is 113 Å². The summed E-state index contributed by atoms with van der Waals surface area (Å²) in [5, 5.41) is 47.0. The summed E-state index contributed by atoms with van der Waals surface area (Å²) in [5.41, 5.74) is 0.0150. The molecule has 127 heavy (non-hydrogen) atoms. The molecule has 8 atom stereocenters. The third-order valence-corrected chi connectivity index (χ3v) is 42.8. The van der Waals surface area contributed by atoms with E-state index in [9.17, 15) is 48.6 Å². The van der Waals surface area contributed by atoms with Gasteiger partial charge in [-0.1, -0.05) is 32.9 Å². The van der Waals surface area contributed by atoms with E-state index < -0.39 is 66.4 Å². The molecule has 4 bridgehead atoms. The molecule has 4 saturated carbocycles. The van der Waals surface area contributed by atoms with Crippen molar-refractivity contribution in [3.63, 3.8) is 0 Å². The molecule has 34 heteroatoms. The van der Waals surface area contributed by atoms with Crippen molar-refractivity contribution in [3.8, 4) is 23.0 Å². The minimum Gasteiger partial charge on any atom is -0.519 e. The Hall–Kier alpha value is -6.94. The van der Waals surface area contributed by atoms with Gasteiger partial charge in [0, 0.05) is 132 Å². The third kappa shape index (κ3) is 18.5. The second kappa shape index (κ2) is 36.6. The van der Waals surface area contributed by atoms with Crippen LogP contribution < -0.4 is 18.9 Å². The average molecular weight is 2050 g/mol. The number of carbonyl (C=O) groups excluding carboxylic acids is 6. The van der Waals surface area contributed by atoms with E-state index in [2.05, 4.69) is 122 Å². The number of methoxy groups -OCH3 is 2. The Labute approximate surface area is 792 Å². The lowest BCUT2D eigenvalue weighted by Gasteiger charge is -2.62. The number of hydrogen-bond donors (Lipinski definition) is 4. The molecule has 22 rings (SSSR count). The lowest BCUT2D eigenvalue weighted by Crippen LogP contribution is -2.76. The summed E-state index contributed by atoms with van der Waals surface area (Å²) in [6.45, 7) is 19.7. The first-order valence-corrected chi connectivity index (χ1v) is 55.1. The number of ether oxygens (including phenoxy) is 6. The van der Waals surface area contributed by atoms with E-state index in [0.29, 0.717) is 92.1 Å². The van der Waals surface area contributed by atoms with E-state index in [1.807, 2.05) is 48.5 Å². The monoisotopic (exact) mass is 2050 g/mol. The van der Waals surface area contributed by atoms with Gasteiger partial charge < -0.3 is 53.3 Å². The normalized spacial score (nSPS) is 23.2. The third-order valence-electron chi connectivity index (χ3n) is 26.3. The number of fused-ring (bicyclic) bond motifs is 5. The van der Waals surface area contributed by atoms with Crippen LogP contribution in [-0.2, 0) is 114 Å². The average Bonchev–Trinajstić information content (AvgIpc) is 1.54. The van der Waals surface area contributed by atoms with E-state index in [4.69, 9.17) is 38.3 Å². The fraction of sp³-hybridized carbons (Fsp3) is 0.441. The molecule has 21 nitrogen and oxygen atoms in total. The number of piperidine rings is 2. The smallest absolute Gasteiger partial charge is 0.316 e. The fourth-order valence-corrected chi connectivity index (χ4v) is 33.1. The Morgan fingerprint density at radius 2 is 0.866 bits per heavy atom. The summed E-state index contributed by atoms with van der Waals surface area (Å²) in [5.74, 6) is 0.645. The van der Waals surface area contributed by atoms with Gasteiger partial charge in [0.1, 0.15) is 5.78 Å². The zero-order valence-corrected chi connectivity index (χ0v) is 83.4. The maximum atomic E-state index is 13.6. The molecular weight excluding hydrogens is 1960 g/mol. The maximum absolute atomic E-state index is 13.6. The number of aliphatic hydroxyl groups is 2. The SMILES string of the molecule is Brc1cc2sc(Br)cc2s1.C=C(OC)O[Si](C)(C)C(C)(C)C.COC(=O)Cc1cc2sc(CC(C)=O)cc2s1.O=C(Cc1cc2sc(CC(=O)Oc3ccc4c5c3O[C@H]3C(=O)CC[C@@]6(O)[C@@H](C4)N(CC4CC4)CC[C@]536)cc2s1)Oc1ccc2c3c1O[C@H]1C(=O)CC[C@@]4(O)[C@@H](C2)N(CC2CC2)CC[C@]314.O=C(O)Cc1cc2sc(CC(=O)O)cc2s1.c1cc2sccc2s1. The molecule has 4 N–H and O–H groups in total. The Morgan fingerprint density at radius 3 is 1.21 bits per heavy atom. The minimum atomic E-state index is -1.71. The van der Waals surface area contributed by atoms with Gasteiger partial charge in [-0.3, -0.25) is 48.2 Å². The molecule has 6 fully saturated rings. The minimum absolute atomic E-state index is 0.00385. The highest BCUT2D eigenvalue weighted by molar-refractivity contribution is 9.11. The summed E-state index contributed by atoms with van der Waals surface area (Å²) in [4.78, 5) is 108. The quantitative estimate of drug-likeness (QED) is 0.0225. The lowest BCUT2D eigenvalue weighted by molar-refractivity contribution is -0.188. The van der Waals surface area contributed by atoms with Gasteiger partial charge in [0.25, 0.3) is 14.3 Å². The molecular formula is C93H96Br2N2O19S10Si. The molecule has 2 saturated heterocycles. The number of carbonyl (C=O) groups is 8. The molecule has 14 heterocycles. The molecule has 0 amide bonds. The number of benzene rings is 2. The van der Waals surface area contributed by atoms with E-state index in [1.165, 1.54) is 105 Å². The molecule has 4 aliphatic heterocycles. The molecule has 12 aromatic rings. The topological polar surface area (TPSA) is 289 Å². The summed E-state index contributed by atoms with van der Waals surface area (Å²) >= 11 is 23.0. The van der Waals surface area contributed by atoms with Crippen molar-refractivity contribution in [3.05, 3.63) is 167 Å². The molecule has 0 unspecified atom stereocenters. The number of nitrogens with zero attached hydrogens (tertiary/aromatic N) is 2. The van der Waals surface area contributed by atoms with Crippen LogP contribution >= 0.6 is 145 Å². The van der Waals surface area contributed by atoms with Gasteiger partial charge in [0.05, 0.1) is 75.9 Å². The standard InChI is InChI=1S/C50H50N2O10S2.C12H12O3S2.C10H8O4S2.C9H20O2Si.C6H2Br2S2.C6H4S2/c53-31-9-11-49(57)37-17-27-5-7-33(43-41(27)47(49,45(31)61-43)13-15-51(37)23-25-1-2-25)59-39(55)21-29-19-35-36(63-29)20-30(64-35)22-40(56)60-34-8-6-28-18-38-50(58)12-10-32(54)46-48(50,42(28)44(34)62-46)14-16-52(38)24-26-3-4-26;1-7(13)3-8-4-10-11(16-8)5-9(17-10)6-12(14)15-2;11-9(12)3-5-1-7-8(15-5)2-6(16-7)4-10(13)14;1-8(10-5)11-12(6,7)9(2,3)4;7-5-1-3-4(10-5)2-6(8)9-3;1-3-7-6-2-4-8-5(1)6/h5-8,19-20,25-26,37-38,45-46,57-58H,1-4,9-18,21-24H2;4-5H,3,6H2,1-2H3;1-2H,3-4H2,(H,11,12)(H,13,14);1H2,2-7H3;1-2H;1-4H/t37-,38-,45+,46+,47+,48+,49-,50-;;;;;/m1...../s1. The van der Waals surface area contributed by atoms with E-state index >= 15 is 0 Å².